The van der Waals surface area contributed by atoms with Crippen LogP contribution in [0.25, 0.3) is 11.1 Å². The molecule has 1 aromatic heterocycles. The number of methoxy groups -OCH3 is 1. The molecule has 1 aliphatic rings. The van der Waals surface area contributed by atoms with E-state index < -0.39 is 0 Å². The molecule has 1 atom stereocenters. The highest BCUT2D eigenvalue weighted by molar-refractivity contribution is 5.77. The molecule has 4 rings (SSSR count). The van der Waals surface area contributed by atoms with Crippen molar-refractivity contribution in [3.05, 3.63) is 71.8 Å². The molecule has 1 aliphatic heterocycles. The molecule has 3 aromatic rings. The van der Waals surface area contributed by atoms with E-state index >= 15 is 0 Å². The second-order valence-corrected chi connectivity index (χ2v) is 8.06. The van der Waals surface area contributed by atoms with Gasteiger partial charge in [0.1, 0.15) is 11.6 Å². The van der Waals surface area contributed by atoms with Gasteiger partial charge < -0.3 is 15.4 Å². The molecule has 166 valence electrons. The Morgan fingerprint density at radius 2 is 1.94 bits per heavy atom. The summed E-state index contributed by atoms with van der Waals surface area (Å²) in [7, 11) is 1.64. The van der Waals surface area contributed by atoms with Gasteiger partial charge in [-0.25, -0.2) is 14.4 Å². The first-order chi connectivity index (χ1) is 15.5. The molecule has 0 spiro atoms. The number of hydrogen-bond donors (Lipinski definition) is 1. The Morgan fingerprint density at radius 1 is 1.19 bits per heavy atom. The number of nitrogens with zero attached hydrogens (tertiary/aromatic N) is 3. The van der Waals surface area contributed by atoms with Crippen LogP contribution >= 0.6 is 0 Å². The molecule has 0 aliphatic carbocycles. The second-order valence-electron chi connectivity index (χ2n) is 8.06. The number of aryl methyl sites for hydroxylation is 1. The average molecular weight is 435 g/mol. The van der Waals surface area contributed by atoms with Crippen molar-refractivity contribution in [2.45, 2.75) is 31.6 Å². The topological polar surface area (TPSA) is 81.3 Å². The SMILES string of the molecule is COc1ccc(-c2cnc(N)nc2C2CCCN(C(=O)CCc3ccc(F)cc3)C2)cc1. The maximum absolute atomic E-state index is 13.1. The van der Waals surface area contributed by atoms with Crippen molar-refractivity contribution in [1.82, 2.24) is 14.9 Å². The number of nitrogens with two attached hydrogens (primary N) is 1. The van der Waals surface area contributed by atoms with Crippen molar-refractivity contribution in [1.29, 1.82) is 0 Å². The Labute approximate surface area is 187 Å². The van der Waals surface area contributed by atoms with Crippen molar-refractivity contribution in [3.8, 4) is 16.9 Å². The Morgan fingerprint density at radius 3 is 2.66 bits per heavy atom. The maximum atomic E-state index is 13.1. The number of rotatable bonds is 6. The number of likely N-dealkylation sites (tertiary alicyclic amines) is 1. The molecule has 0 radical (unpaired) electrons. The fourth-order valence-corrected chi connectivity index (χ4v) is 4.20. The molecule has 2 heterocycles. The van der Waals surface area contributed by atoms with Gasteiger partial charge in [0.2, 0.25) is 11.9 Å². The first-order valence-corrected chi connectivity index (χ1v) is 10.8. The summed E-state index contributed by atoms with van der Waals surface area (Å²) in [6, 6.07) is 14.1. The maximum Gasteiger partial charge on any atom is 0.222 e. The Kier molecular flexibility index (Phi) is 6.63. The van der Waals surface area contributed by atoms with E-state index in [0.717, 1.165) is 47.5 Å². The third-order valence-corrected chi connectivity index (χ3v) is 5.94. The minimum atomic E-state index is -0.268. The second kappa shape index (κ2) is 9.77. The van der Waals surface area contributed by atoms with Gasteiger partial charge in [-0.1, -0.05) is 24.3 Å². The Bertz CT molecular complexity index is 1070. The lowest BCUT2D eigenvalue weighted by atomic mass is 9.89. The number of ether oxygens (including phenoxy) is 1. The van der Waals surface area contributed by atoms with Gasteiger partial charge in [0.25, 0.3) is 0 Å². The normalized spacial score (nSPS) is 16.1. The monoisotopic (exact) mass is 434 g/mol. The van der Waals surface area contributed by atoms with Crippen LogP contribution in [0, 0.1) is 5.82 Å². The highest BCUT2D eigenvalue weighted by atomic mass is 19.1. The van der Waals surface area contributed by atoms with E-state index in [0.29, 0.717) is 19.4 Å². The van der Waals surface area contributed by atoms with Crippen LogP contribution in [0.1, 0.15) is 36.4 Å². The smallest absolute Gasteiger partial charge is 0.222 e. The molecule has 2 N–H and O–H groups in total. The zero-order valence-corrected chi connectivity index (χ0v) is 18.1. The molecule has 2 aromatic carbocycles. The van der Waals surface area contributed by atoms with Crippen molar-refractivity contribution >= 4 is 11.9 Å². The fourth-order valence-electron chi connectivity index (χ4n) is 4.20. The molecule has 6 nitrogen and oxygen atoms in total. The van der Waals surface area contributed by atoms with Crippen molar-refractivity contribution < 1.29 is 13.9 Å². The Balaban J connectivity index is 1.49. The molecule has 1 amide bonds. The largest absolute Gasteiger partial charge is 0.497 e. The highest BCUT2D eigenvalue weighted by Crippen LogP contribution is 2.34. The molecule has 0 bridgehead atoms. The third kappa shape index (κ3) is 5.04. The molecule has 1 fully saturated rings. The van der Waals surface area contributed by atoms with E-state index in [1.165, 1.54) is 12.1 Å². The van der Waals surface area contributed by atoms with Crippen LogP contribution in [0.15, 0.2) is 54.7 Å². The number of piperidine rings is 1. The van der Waals surface area contributed by atoms with Gasteiger partial charge in [0, 0.05) is 37.2 Å². The first-order valence-electron chi connectivity index (χ1n) is 10.8. The van der Waals surface area contributed by atoms with Crippen LogP contribution in [0.4, 0.5) is 10.3 Å². The zero-order valence-electron chi connectivity index (χ0n) is 18.1. The number of carbonyl (C=O) groups excluding carboxylic acids is 1. The summed E-state index contributed by atoms with van der Waals surface area (Å²) in [5.74, 6) is 0.933. The lowest BCUT2D eigenvalue weighted by Crippen LogP contribution is -2.39. The summed E-state index contributed by atoms with van der Waals surface area (Å²) in [6.07, 6.45) is 4.59. The van der Waals surface area contributed by atoms with Crippen LogP contribution in [-0.2, 0) is 11.2 Å². The lowest BCUT2D eigenvalue weighted by Gasteiger charge is -2.33. The molecule has 1 saturated heterocycles. The van der Waals surface area contributed by atoms with E-state index in [4.69, 9.17) is 10.5 Å². The number of aromatic nitrogens is 2. The van der Waals surface area contributed by atoms with Crippen molar-refractivity contribution in [2.24, 2.45) is 0 Å². The highest BCUT2D eigenvalue weighted by Gasteiger charge is 2.28. The van der Waals surface area contributed by atoms with Crippen LogP contribution in [0.2, 0.25) is 0 Å². The van der Waals surface area contributed by atoms with Crippen LogP contribution < -0.4 is 10.5 Å². The minimum Gasteiger partial charge on any atom is -0.497 e. The summed E-state index contributed by atoms with van der Waals surface area (Å²) >= 11 is 0. The molecule has 0 saturated carbocycles. The third-order valence-electron chi connectivity index (χ3n) is 5.94. The van der Waals surface area contributed by atoms with Crippen molar-refractivity contribution in [2.75, 3.05) is 25.9 Å². The van der Waals surface area contributed by atoms with E-state index in [-0.39, 0.29) is 23.6 Å². The molecular formula is C25H27FN4O2. The van der Waals surface area contributed by atoms with Gasteiger partial charge in [0.15, 0.2) is 0 Å². The minimum absolute atomic E-state index is 0.0842. The van der Waals surface area contributed by atoms with E-state index in [1.807, 2.05) is 29.2 Å². The van der Waals surface area contributed by atoms with Gasteiger partial charge in [-0.2, -0.15) is 0 Å². The summed E-state index contributed by atoms with van der Waals surface area (Å²) in [5.41, 5.74) is 9.67. The van der Waals surface area contributed by atoms with Crippen LogP contribution in [-0.4, -0.2) is 41.0 Å². The van der Waals surface area contributed by atoms with E-state index in [1.54, 1.807) is 25.4 Å². The van der Waals surface area contributed by atoms with Crippen LogP contribution in [0.5, 0.6) is 5.75 Å². The van der Waals surface area contributed by atoms with Crippen LogP contribution in [0.3, 0.4) is 0 Å². The standard InChI is InChI=1S/C25H27FN4O2/c1-32-21-11-7-18(8-12-21)22-15-28-25(27)29-24(22)19-3-2-14-30(16-19)23(31)13-6-17-4-9-20(26)10-5-17/h4-5,7-12,15,19H,2-3,6,13-14,16H2,1H3,(H2,27,28,29). The quantitative estimate of drug-likeness (QED) is 0.628. The molecule has 7 heteroatoms. The number of halogens is 1. The van der Waals surface area contributed by atoms with E-state index in [2.05, 4.69) is 9.97 Å². The van der Waals surface area contributed by atoms with Gasteiger partial charge in [-0.3, -0.25) is 4.79 Å². The van der Waals surface area contributed by atoms with Crippen molar-refractivity contribution in [3.63, 3.8) is 0 Å². The molecule has 32 heavy (non-hydrogen) atoms. The zero-order chi connectivity index (χ0) is 22.5. The summed E-state index contributed by atoms with van der Waals surface area (Å²) in [4.78, 5) is 23.6. The summed E-state index contributed by atoms with van der Waals surface area (Å²) in [5, 5.41) is 0. The lowest BCUT2D eigenvalue weighted by molar-refractivity contribution is -0.132. The molecular weight excluding hydrogens is 407 g/mol. The van der Waals surface area contributed by atoms with Gasteiger partial charge in [-0.05, 0) is 54.7 Å². The summed E-state index contributed by atoms with van der Waals surface area (Å²) in [6.45, 7) is 1.33. The van der Waals surface area contributed by atoms with Gasteiger partial charge >= 0.3 is 0 Å². The first kappa shape index (κ1) is 21.7. The predicted molar refractivity (Wildman–Crippen MR) is 122 cm³/mol. The predicted octanol–water partition coefficient (Wildman–Crippen LogP) is 4.21. The number of amides is 1. The number of carbonyl (C=O) groups is 1. The number of hydrogen-bond acceptors (Lipinski definition) is 5. The van der Waals surface area contributed by atoms with E-state index in [9.17, 15) is 9.18 Å². The Hall–Kier alpha value is -3.48. The van der Waals surface area contributed by atoms with Gasteiger partial charge in [-0.15, -0.1) is 0 Å². The fraction of sp³-hybridized carbons (Fsp3) is 0.320. The van der Waals surface area contributed by atoms with Gasteiger partial charge in [0.05, 0.1) is 12.8 Å². The number of nitrogen functional groups attached to an aromatic ring is 1. The number of anilines is 1. The summed E-state index contributed by atoms with van der Waals surface area (Å²) < 4.78 is 18.4. The number of benzene rings is 2. The molecule has 1 unspecified atom stereocenters. The average Bonchev–Trinajstić information content (AvgIpc) is 2.83.